The molecule has 0 unspecified atom stereocenters. The van der Waals surface area contributed by atoms with Crippen molar-refractivity contribution >= 4 is 38.3 Å². The van der Waals surface area contributed by atoms with Gasteiger partial charge in [-0.05, 0) is 59.4 Å². The van der Waals surface area contributed by atoms with Gasteiger partial charge in [0.15, 0.2) is 0 Å². The van der Waals surface area contributed by atoms with Gasteiger partial charge in [-0.2, -0.15) is 4.31 Å². The van der Waals surface area contributed by atoms with E-state index in [1.165, 1.54) is 35.0 Å². The van der Waals surface area contributed by atoms with Crippen LogP contribution in [0.5, 0.6) is 0 Å². The summed E-state index contributed by atoms with van der Waals surface area (Å²) in [6.45, 7) is 4.06. The van der Waals surface area contributed by atoms with Crippen LogP contribution in [-0.2, 0) is 21.2 Å². The smallest absolute Gasteiger partial charge is 0.272 e. The van der Waals surface area contributed by atoms with Crippen LogP contribution in [0.4, 0.5) is 5.69 Å². The van der Waals surface area contributed by atoms with Crippen LogP contribution in [0.1, 0.15) is 49.2 Å². The largest absolute Gasteiger partial charge is 0.399 e. The summed E-state index contributed by atoms with van der Waals surface area (Å²) in [5.74, 6) is -0.822. The maximum atomic E-state index is 13.5. The van der Waals surface area contributed by atoms with Crippen molar-refractivity contribution in [1.29, 1.82) is 0 Å². The minimum absolute atomic E-state index is 0.0357. The number of nitrogen functional groups attached to an aromatic ring is 1. The maximum Gasteiger partial charge on any atom is 0.272 e. The number of nitrogens with two attached hydrogens (primary N) is 1. The second kappa shape index (κ2) is 16.3. The Hall–Kier alpha value is -4.39. The van der Waals surface area contributed by atoms with Gasteiger partial charge in [-0.3, -0.25) is 14.6 Å². The molecule has 0 aliphatic rings. The number of unbranched alkanes of at least 4 members (excludes halogenated alkanes) is 1. The predicted octanol–water partition coefficient (Wildman–Crippen LogP) is 3.55. The monoisotopic (exact) mass is 646 g/mol. The summed E-state index contributed by atoms with van der Waals surface area (Å²) in [6, 6.07) is 18.4. The maximum absolute atomic E-state index is 13.5. The van der Waals surface area contributed by atoms with E-state index in [0.29, 0.717) is 31.5 Å². The fourth-order valence-electron chi connectivity index (χ4n) is 5.20. The van der Waals surface area contributed by atoms with Crippen molar-refractivity contribution in [3.63, 3.8) is 0 Å². The summed E-state index contributed by atoms with van der Waals surface area (Å²) >= 11 is 0. The first-order valence-electron chi connectivity index (χ1n) is 15.4. The molecule has 0 bridgehead atoms. The molecule has 1 heterocycles. The van der Waals surface area contributed by atoms with E-state index < -0.39 is 28.0 Å². The molecule has 4 rings (SSSR count). The second-order valence-corrected chi connectivity index (χ2v) is 13.6. The number of anilines is 1. The molecule has 12 heteroatoms. The van der Waals surface area contributed by atoms with E-state index in [2.05, 4.69) is 20.6 Å². The van der Waals surface area contributed by atoms with E-state index in [4.69, 9.17) is 5.73 Å². The average Bonchev–Trinajstić information content (AvgIpc) is 3.05. The summed E-state index contributed by atoms with van der Waals surface area (Å²) in [7, 11) is -3.87. The molecule has 46 heavy (non-hydrogen) atoms. The molecule has 0 radical (unpaired) electrons. The predicted molar refractivity (Wildman–Crippen MR) is 178 cm³/mol. The lowest BCUT2D eigenvalue weighted by Crippen LogP contribution is -2.48. The lowest BCUT2D eigenvalue weighted by Gasteiger charge is -2.31. The first kappa shape index (κ1) is 34.5. The third kappa shape index (κ3) is 9.32. The zero-order chi connectivity index (χ0) is 33.1. The molecule has 0 fully saturated rings. The zero-order valence-corrected chi connectivity index (χ0v) is 27.0. The normalized spacial score (nSPS) is 13.1. The molecule has 2 atom stereocenters. The van der Waals surface area contributed by atoms with Gasteiger partial charge in [-0.15, -0.1) is 0 Å². The Morgan fingerprint density at radius 2 is 1.72 bits per heavy atom. The number of aliphatic hydroxyl groups excluding tert-OH is 1. The summed E-state index contributed by atoms with van der Waals surface area (Å²) in [5, 5.41) is 18.0. The fourth-order valence-corrected chi connectivity index (χ4v) is 7.01. The van der Waals surface area contributed by atoms with Gasteiger partial charge < -0.3 is 21.5 Å². The molecule has 244 valence electrons. The molecule has 0 aliphatic heterocycles. The number of fused-ring (bicyclic) bond motifs is 1. The quantitative estimate of drug-likeness (QED) is 0.106. The number of aliphatic hydroxyl groups is 1. The average molecular weight is 647 g/mol. The van der Waals surface area contributed by atoms with Crippen molar-refractivity contribution in [3.8, 4) is 0 Å². The number of aromatic nitrogens is 2. The molecule has 0 spiro atoms. The van der Waals surface area contributed by atoms with Gasteiger partial charge in [0.1, 0.15) is 11.7 Å². The number of rotatable bonds is 16. The molecule has 0 saturated heterocycles. The SMILES string of the molecule is CC(C)CN([C@H](CO)CCCCNC(=O)[C@H](Cc1ccc2ccccc2c1)NC(=O)c1cnccn1)S(=O)(=O)c1ccc(N)cc1. The number of hydrogen-bond donors (Lipinski definition) is 4. The number of carbonyl (C=O) groups is 2. The molecule has 0 aliphatic carbocycles. The lowest BCUT2D eigenvalue weighted by atomic mass is 10.0. The summed E-state index contributed by atoms with van der Waals surface area (Å²) in [6.07, 6.45) is 5.98. The highest BCUT2D eigenvalue weighted by molar-refractivity contribution is 7.89. The van der Waals surface area contributed by atoms with Crippen LogP contribution in [0, 0.1) is 5.92 Å². The van der Waals surface area contributed by atoms with Gasteiger partial charge in [0.2, 0.25) is 15.9 Å². The minimum atomic E-state index is -3.87. The molecular formula is C34H42N6O5S. The molecule has 4 aromatic rings. The number of nitrogens with one attached hydrogen (secondary N) is 2. The van der Waals surface area contributed by atoms with Crippen LogP contribution in [0.25, 0.3) is 10.8 Å². The van der Waals surface area contributed by atoms with E-state index in [0.717, 1.165) is 16.3 Å². The minimum Gasteiger partial charge on any atom is -0.399 e. The molecule has 0 saturated carbocycles. The third-order valence-electron chi connectivity index (χ3n) is 7.58. The molecule has 11 nitrogen and oxygen atoms in total. The second-order valence-electron chi connectivity index (χ2n) is 11.7. The van der Waals surface area contributed by atoms with E-state index in [1.807, 2.05) is 56.3 Å². The first-order chi connectivity index (χ1) is 22.1. The van der Waals surface area contributed by atoms with Crippen molar-refractivity contribution < 1.29 is 23.1 Å². The van der Waals surface area contributed by atoms with E-state index >= 15 is 0 Å². The Labute approximate surface area is 270 Å². The van der Waals surface area contributed by atoms with Gasteiger partial charge in [0, 0.05) is 43.6 Å². The van der Waals surface area contributed by atoms with Gasteiger partial charge >= 0.3 is 0 Å². The first-order valence-corrected chi connectivity index (χ1v) is 16.8. The van der Waals surface area contributed by atoms with Crippen molar-refractivity contribution in [2.45, 2.75) is 56.5 Å². The molecule has 2 amide bonds. The zero-order valence-electron chi connectivity index (χ0n) is 26.2. The van der Waals surface area contributed by atoms with E-state index in [1.54, 1.807) is 12.1 Å². The Morgan fingerprint density at radius 1 is 0.978 bits per heavy atom. The standard InChI is InChI=1S/C34H42N6O5S/c1-24(2)22-40(46(44,45)30-14-12-28(35)13-15-30)29(23-41)9-5-6-16-38-33(42)31(39-34(43)32-21-36-17-18-37-32)20-25-10-11-26-7-3-4-8-27(26)19-25/h3-4,7-8,10-15,17-19,21,24,29,31,41H,5-6,9,16,20,22-23,35H2,1-2H3,(H,38,42)(H,39,43)/t29-,31-/m0/s1. The fraction of sp³-hybridized carbons (Fsp3) is 0.353. The van der Waals surface area contributed by atoms with Crippen LogP contribution in [0.3, 0.4) is 0 Å². The highest BCUT2D eigenvalue weighted by Gasteiger charge is 2.31. The van der Waals surface area contributed by atoms with Gasteiger partial charge in [-0.25, -0.2) is 13.4 Å². The highest BCUT2D eigenvalue weighted by atomic mass is 32.2. The molecule has 3 aromatic carbocycles. The number of carbonyl (C=O) groups excluding carboxylic acids is 2. The van der Waals surface area contributed by atoms with Crippen LogP contribution >= 0.6 is 0 Å². The lowest BCUT2D eigenvalue weighted by molar-refractivity contribution is -0.122. The number of nitrogens with zero attached hydrogens (tertiary/aromatic N) is 3. The Morgan fingerprint density at radius 3 is 2.39 bits per heavy atom. The molecule has 5 N–H and O–H groups in total. The number of benzene rings is 3. The summed E-state index contributed by atoms with van der Waals surface area (Å²) in [5.41, 5.74) is 7.20. The van der Waals surface area contributed by atoms with Crippen LogP contribution in [0.2, 0.25) is 0 Å². The number of sulfonamides is 1. The third-order valence-corrected chi connectivity index (χ3v) is 9.52. The van der Waals surface area contributed by atoms with Crippen LogP contribution in [-0.4, -0.2) is 71.4 Å². The van der Waals surface area contributed by atoms with Gasteiger partial charge in [0.05, 0.1) is 17.7 Å². The number of hydrogen-bond acceptors (Lipinski definition) is 8. The van der Waals surface area contributed by atoms with Crippen LogP contribution < -0.4 is 16.4 Å². The van der Waals surface area contributed by atoms with Crippen molar-refractivity contribution in [2.75, 3.05) is 25.4 Å². The summed E-state index contributed by atoms with van der Waals surface area (Å²) < 4.78 is 28.4. The van der Waals surface area contributed by atoms with Crippen LogP contribution in [0.15, 0.2) is 90.2 Å². The van der Waals surface area contributed by atoms with Crippen molar-refractivity contribution in [3.05, 3.63) is 96.6 Å². The van der Waals surface area contributed by atoms with E-state index in [-0.39, 0.29) is 42.0 Å². The Bertz CT molecular complexity index is 1700. The molecule has 1 aromatic heterocycles. The highest BCUT2D eigenvalue weighted by Crippen LogP contribution is 2.23. The molecular weight excluding hydrogens is 604 g/mol. The Kier molecular flexibility index (Phi) is 12.2. The van der Waals surface area contributed by atoms with Crippen molar-refractivity contribution in [1.82, 2.24) is 24.9 Å². The van der Waals surface area contributed by atoms with Gasteiger partial charge in [-0.1, -0.05) is 62.7 Å². The Balaban J connectivity index is 1.39. The number of amides is 2. The van der Waals surface area contributed by atoms with Crippen molar-refractivity contribution in [2.24, 2.45) is 5.92 Å². The van der Waals surface area contributed by atoms with Gasteiger partial charge in [0.25, 0.3) is 5.91 Å². The van der Waals surface area contributed by atoms with E-state index in [9.17, 15) is 23.1 Å². The topological polar surface area (TPSA) is 168 Å². The summed E-state index contributed by atoms with van der Waals surface area (Å²) in [4.78, 5) is 34.4.